The molecule has 0 aliphatic carbocycles. The second-order valence-electron chi connectivity index (χ2n) is 3.85. The van der Waals surface area contributed by atoms with Crippen LogP contribution in [0, 0.1) is 0 Å². The van der Waals surface area contributed by atoms with Crippen molar-refractivity contribution in [2.24, 2.45) is 0 Å². The van der Waals surface area contributed by atoms with Crippen LogP contribution in [-0.2, 0) is 14.8 Å². The van der Waals surface area contributed by atoms with Crippen molar-refractivity contribution >= 4 is 10.0 Å². The van der Waals surface area contributed by atoms with Crippen LogP contribution in [0.1, 0.15) is 27.2 Å². The summed E-state index contributed by atoms with van der Waals surface area (Å²) in [6.07, 6.45) is 0.637. The van der Waals surface area contributed by atoms with E-state index in [-0.39, 0.29) is 5.75 Å². The van der Waals surface area contributed by atoms with Gasteiger partial charge in [-0.15, -0.1) is 0 Å². The molecule has 0 amide bonds. The average molecular weight is 266 g/mol. The Balaban J connectivity index is 3.47. The highest BCUT2D eigenvalue weighted by Gasteiger charge is 2.06. The number of likely N-dealkylation sites (N-methyl/N-ethyl adjacent to an activating group) is 1. The molecule has 0 saturated carbocycles. The summed E-state index contributed by atoms with van der Waals surface area (Å²) in [7, 11) is -3.08. The van der Waals surface area contributed by atoms with Crippen LogP contribution in [0.5, 0.6) is 0 Å². The predicted octanol–water partition coefficient (Wildman–Crippen LogP) is 0.674. The topological polar surface area (TPSA) is 58.6 Å². The van der Waals surface area contributed by atoms with E-state index in [1.165, 1.54) is 0 Å². The van der Waals surface area contributed by atoms with Gasteiger partial charge in [0.15, 0.2) is 0 Å². The van der Waals surface area contributed by atoms with Crippen LogP contribution in [0.3, 0.4) is 0 Å². The zero-order valence-electron chi connectivity index (χ0n) is 11.2. The first-order chi connectivity index (χ1) is 8.05. The molecular weight excluding hydrogens is 240 g/mol. The van der Waals surface area contributed by atoms with Crippen molar-refractivity contribution in [3.8, 4) is 0 Å². The molecule has 0 radical (unpaired) electrons. The largest absolute Gasteiger partial charge is 0.379 e. The van der Waals surface area contributed by atoms with Crippen molar-refractivity contribution in [1.29, 1.82) is 0 Å². The van der Waals surface area contributed by atoms with Gasteiger partial charge in [-0.2, -0.15) is 0 Å². The maximum Gasteiger partial charge on any atom is 0.211 e. The van der Waals surface area contributed by atoms with Crippen molar-refractivity contribution in [3.63, 3.8) is 0 Å². The van der Waals surface area contributed by atoms with E-state index in [2.05, 4.69) is 23.5 Å². The summed E-state index contributed by atoms with van der Waals surface area (Å²) in [5, 5.41) is 0. The van der Waals surface area contributed by atoms with Crippen LogP contribution in [0.2, 0.25) is 0 Å². The Morgan fingerprint density at radius 3 is 2.29 bits per heavy atom. The van der Waals surface area contributed by atoms with Crippen molar-refractivity contribution in [3.05, 3.63) is 0 Å². The van der Waals surface area contributed by atoms with Crippen LogP contribution in [0.4, 0.5) is 0 Å². The zero-order valence-corrected chi connectivity index (χ0v) is 12.1. The molecule has 0 aliphatic heterocycles. The third-order valence-electron chi connectivity index (χ3n) is 2.49. The maximum absolute atomic E-state index is 11.3. The van der Waals surface area contributed by atoms with Crippen molar-refractivity contribution in [2.75, 3.05) is 45.1 Å². The third kappa shape index (κ3) is 9.52. The molecule has 0 spiro atoms. The third-order valence-corrected chi connectivity index (χ3v) is 4.08. The number of nitrogens with zero attached hydrogens (tertiary/aromatic N) is 1. The Morgan fingerprint density at radius 2 is 1.76 bits per heavy atom. The van der Waals surface area contributed by atoms with Gasteiger partial charge in [0.05, 0.1) is 19.0 Å². The second-order valence-corrected chi connectivity index (χ2v) is 5.78. The minimum absolute atomic E-state index is 0.187. The first kappa shape index (κ1) is 16.8. The number of hydrogen-bond acceptors (Lipinski definition) is 4. The lowest BCUT2D eigenvalue weighted by atomic mass is 10.5. The molecule has 0 aromatic heterocycles. The Kier molecular flexibility index (Phi) is 9.72. The first-order valence-electron chi connectivity index (χ1n) is 6.33. The van der Waals surface area contributed by atoms with E-state index in [1.807, 2.05) is 6.92 Å². The molecule has 0 heterocycles. The highest BCUT2D eigenvalue weighted by Crippen LogP contribution is 1.89. The number of ether oxygens (including phenoxy) is 1. The number of sulfonamides is 1. The summed E-state index contributed by atoms with van der Waals surface area (Å²) >= 11 is 0. The molecule has 0 atom stereocenters. The molecular formula is C11H26N2O3S. The predicted molar refractivity (Wildman–Crippen MR) is 70.7 cm³/mol. The lowest BCUT2D eigenvalue weighted by Crippen LogP contribution is -2.31. The summed E-state index contributed by atoms with van der Waals surface area (Å²) in [5.41, 5.74) is 0. The zero-order chi connectivity index (χ0) is 13.1. The minimum atomic E-state index is -3.08. The van der Waals surface area contributed by atoms with E-state index in [1.54, 1.807) is 0 Å². The summed E-state index contributed by atoms with van der Waals surface area (Å²) in [6, 6.07) is 0. The molecule has 1 N–H and O–H groups in total. The van der Waals surface area contributed by atoms with Crippen molar-refractivity contribution in [1.82, 2.24) is 9.62 Å². The van der Waals surface area contributed by atoms with Crippen molar-refractivity contribution in [2.45, 2.75) is 27.2 Å². The minimum Gasteiger partial charge on any atom is -0.379 e. The molecule has 0 aromatic rings. The van der Waals surface area contributed by atoms with Gasteiger partial charge in [0, 0.05) is 13.1 Å². The number of nitrogens with one attached hydrogen (secondary N) is 1. The van der Waals surface area contributed by atoms with Crippen molar-refractivity contribution < 1.29 is 13.2 Å². The molecule has 0 aliphatic rings. The lowest BCUT2D eigenvalue weighted by Gasteiger charge is -2.17. The standard InChI is InChI=1S/C11H26N2O3S/c1-4-11-17(14,15)12-7-9-16-10-8-13(5-2)6-3/h12H,4-11H2,1-3H3. The fourth-order valence-electron chi connectivity index (χ4n) is 1.45. The first-order valence-corrected chi connectivity index (χ1v) is 7.98. The fraction of sp³-hybridized carbons (Fsp3) is 1.00. The van der Waals surface area contributed by atoms with E-state index in [0.29, 0.717) is 26.2 Å². The van der Waals surface area contributed by atoms with E-state index < -0.39 is 10.0 Å². The SMILES string of the molecule is CCCS(=O)(=O)NCCOCCN(CC)CC. The van der Waals surface area contributed by atoms with Gasteiger partial charge in [-0.1, -0.05) is 20.8 Å². The van der Waals surface area contributed by atoms with E-state index in [9.17, 15) is 8.42 Å². The molecule has 0 saturated heterocycles. The van der Waals surface area contributed by atoms with Gasteiger partial charge in [-0.3, -0.25) is 0 Å². The molecule has 0 unspecified atom stereocenters. The van der Waals surface area contributed by atoms with Gasteiger partial charge < -0.3 is 9.64 Å². The lowest BCUT2D eigenvalue weighted by molar-refractivity contribution is 0.111. The molecule has 5 nitrogen and oxygen atoms in total. The molecule has 0 aromatic carbocycles. The summed E-state index contributed by atoms with van der Waals surface area (Å²) in [4.78, 5) is 2.27. The highest BCUT2D eigenvalue weighted by molar-refractivity contribution is 7.89. The van der Waals surface area contributed by atoms with Crippen LogP contribution in [0.25, 0.3) is 0 Å². The molecule has 0 fully saturated rings. The van der Waals surface area contributed by atoms with Crippen LogP contribution < -0.4 is 4.72 Å². The number of rotatable bonds is 11. The Morgan fingerprint density at radius 1 is 1.12 bits per heavy atom. The molecule has 6 heteroatoms. The van der Waals surface area contributed by atoms with Gasteiger partial charge >= 0.3 is 0 Å². The monoisotopic (exact) mass is 266 g/mol. The maximum atomic E-state index is 11.3. The Labute approximate surface area is 106 Å². The quantitative estimate of drug-likeness (QED) is 0.559. The van der Waals surface area contributed by atoms with Gasteiger partial charge in [0.25, 0.3) is 0 Å². The fourth-order valence-corrected chi connectivity index (χ4v) is 2.52. The average Bonchev–Trinajstić information content (AvgIpc) is 2.28. The highest BCUT2D eigenvalue weighted by atomic mass is 32.2. The molecule has 104 valence electrons. The van der Waals surface area contributed by atoms with Crippen LogP contribution >= 0.6 is 0 Å². The van der Waals surface area contributed by atoms with Gasteiger partial charge in [0.2, 0.25) is 10.0 Å². The van der Waals surface area contributed by atoms with Crippen LogP contribution in [-0.4, -0.2) is 58.5 Å². The van der Waals surface area contributed by atoms with Crippen LogP contribution in [0.15, 0.2) is 0 Å². The summed E-state index contributed by atoms with van der Waals surface area (Å²) in [6.45, 7) is 10.5. The Hall–Kier alpha value is -0.170. The smallest absolute Gasteiger partial charge is 0.211 e. The molecule has 0 bridgehead atoms. The van der Waals surface area contributed by atoms with Gasteiger partial charge in [0.1, 0.15) is 0 Å². The summed E-state index contributed by atoms with van der Waals surface area (Å²) < 4.78 is 30.5. The van der Waals surface area contributed by atoms with E-state index in [0.717, 1.165) is 19.6 Å². The number of hydrogen-bond donors (Lipinski definition) is 1. The van der Waals surface area contributed by atoms with E-state index in [4.69, 9.17) is 4.74 Å². The Bertz CT molecular complexity index is 264. The van der Waals surface area contributed by atoms with Gasteiger partial charge in [-0.25, -0.2) is 13.1 Å². The van der Waals surface area contributed by atoms with Gasteiger partial charge in [-0.05, 0) is 19.5 Å². The molecule has 0 rings (SSSR count). The second kappa shape index (κ2) is 9.82. The normalized spacial score (nSPS) is 12.2. The molecule has 17 heavy (non-hydrogen) atoms. The summed E-state index contributed by atoms with van der Waals surface area (Å²) in [5.74, 6) is 0.187. The van der Waals surface area contributed by atoms with E-state index >= 15 is 0 Å².